The van der Waals surface area contributed by atoms with Gasteiger partial charge in [-0.2, -0.15) is 0 Å². The van der Waals surface area contributed by atoms with Gasteiger partial charge in [0.2, 0.25) is 0 Å². The third-order valence-corrected chi connectivity index (χ3v) is 5.85. The summed E-state index contributed by atoms with van der Waals surface area (Å²) in [5, 5.41) is 1.40. The number of methoxy groups -OCH3 is 1. The normalized spacial score (nSPS) is 25.4. The van der Waals surface area contributed by atoms with Crippen LogP contribution in [-0.2, 0) is 17.8 Å². The maximum absolute atomic E-state index is 5.28. The summed E-state index contributed by atoms with van der Waals surface area (Å²) in [6.45, 7) is 8.88. The van der Waals surface area contributed by atoms with Crippen molar-refractivity contribution in [3.8, 4) is 0 Å². The Balaban J connectivity index is 1.57. The molecule has 2 atom stereocenters. The second kappa shape index (κ2) is 6.87. The molecule has 2 saturated heterocycles. The smallest absolute Gasteiger partial charge is 0.0641 e. The standard InChI is InChI=1S/C20H29N3O/c1-16-12-21-9-5-6-18(21)15-23(16)14-17-13-22(10-11-24-2)20-8-4-3-7-19(17)20/h3-4,7-8,13,16,18H,5-6,9-12,14-15H2,1-2H3/t16-,18?/m1/s1. The fourth-order valence-corrected chi connectivity index (χ4v) is 4.51. The Morgan fingerprint density at radius 2 is 2.08 bits per heavy atom. The Morgan fingerprint density at radius 1 is 1.21 bits per heavy atom. The van der Waals surface area contributed by atoms with E-state index in [4.69, 9.17) is 4.74 Å². The molecule has 0 amide bonds. The van der Waals surface area contributed by atoms with Gasteiger partial charge in [0.15, 0.2) is 0 Å². The molecule has 24 heavy (non-hydrogen) atoms. The van der Waals surface area contributed by atoms with Crippen molar-refractivity contribution in [1.29, 1.82) is 0 Å². The van der Waals surface area contributed by atoms with E-state index in [-0.39, 0.29) is 0 Å². The van der Waals surface area contributed by atoms with Crippen LogP contribution in [0, 0.1) is 0 Å². The Hall–Kier alpha value is -1.36. The van der Waals surface area contributed by atoms with E-state index in [1.54, 1.807) is 7.11 Å². The molecule has 2 aliphatic heterocycles. The SMILES string of the molecule is COCCn1cc(CN2CC3CCCN3C[C@H]2C)c2ccccc21. The predicted molar refractivity (Wildman–Crippen MR) is 98.3 cm³/mol. The van der Waals surface area contributed by atoms with Crippen LogP contribution in [0.5, 0.6) is 0 Å². The van der Waals surface area contributed by atoms with Crippen LogP contribution in [0.15, 0.2) is 30.5 Å². The summed E-state index contributed by atoms with van der Waals surface area (Å²) in [5.41, 5.74) is 2.79. The van der Waals surface area contributed by atoms with Crippen LogP contribution in [0.4, 0.5) is 0 Å². The number of piperazine rings is 1. The highest BCUT2D eigenvalue weighted by Gasteiger charge is 2.34. The minimum absolute atomic E-state index is 0.639. The Kier molecular flexibility index (Phi) is 4.61. The number of aromatic nitrogens is 1. The molecule has 2 fully saturated rings. The maximum atomic E-state index is 5.28. The number of nitrogens with zero attached hydrogens (tertiary/aromatic N) is 3. The number of ether oxygens (including phenoxy) is 1. The first-order valence-electron chi connectivity index (χ1n) is 9.30. The van der Waals surface area contributed by atoms with Crippen molar-refractivity contribution in [2.75, 3.05) is 33.4 Å². The third kappa shape index (κ3) is 2.99. The summed E-state index contributed by atoms with van der Waals surface area (Å²) < 4.78 is 7.63. The van der Waals surface area contributed by atoms with Gasteiger partial charge in [0.05, 0.1) is 6.61 Å². The van der Waals surface area contributed by atoms with Crippen molar-refractivity contribution in [2.24, 2.45) is 0 Å². The first kappa shape index (κ1) is 16.1. The summed E-state index contributed by atoms with van der Waals surface area (Å²) in [4.78, 5) is 5.39. The topological polar surface area (TPSA) is 20.6 Å². The van der Waals surface area contributed by atoms with Gasteiger partial charge in [0.25, 0.3) is 0 Å². The molecule has 2 aromatic rings. The zero-order valence-electron chi connectivity index (χ0n) is 14.9. The molecular weight excluding hydrogens is 298 g/mol. The Morgan fingerprint density at radius 3 is 2.96 bits per heavy atom. The number of fused-ring (bicyclic) bond motifs is 2. The van der Waals surface area contributed by atoms with Gasteiger partial charge in [-0.3, -0.25) is 9.80 Å². The number of hydrogen-bond donors (Lipinski definition) is 0. The lowest BCUT2D eigenvalue weighted by Crippen LogP contribution is -2.54. The monoisotopic (exact) mass is 327 g/mol. The summed E-state index contributed by atoms with van der Waals surface area (Å²) >= 11 is 0. The van der Waals surface area contributed by atoms with Crippen molar-refractivity contribution in [3.05, 3.63) is 36.0 Å². The van der Waals surface area contributed by atoms with E-state index in [9.17, 15) is 0 Å². The van der Waals surface area contributed by atoms with E-state index in [2.05, 4.69) is 51.8 Å². The van der Waals surface area contributed by atoms with Crippen molar-refractivity contribution in [3.63, 3.8) is 0 Å². The van der Waals surface area contributed by atoms with E-state index < -0.39 is 0 Å². The average Bonchev–Trinajstić information content (AvgIpc) is 3.18. The maximum Gasteiger partial charge on any atom is 0.0641 e. The minimum Gasteiger partial charge on any atom is -0.383 e. The highest BCUT2D eigenvalue weighted by Crippen LogP contribution is 2.28. The largest absolute Gasteiger partial charge is 0.383 e. The van der Waals surface area contributed by atoms with Crippen molar-refractivity contribution in [2.45, 2.75) is 44.9 Å². The number of rotatable bonds is 5. The van der Waals surface area contributed by atoms with Crippen molar-refractivity contribution >= 4 is 10.9 Å². The van der Waals surface area contributed by atoms with E-state index in [1.165, 1.54) is 48.9 Å². The lowest BCUT2D eigenvalue weighted by molar-refractivity contribution is 0.0543. The molecule has 0 radical (unpaired) electrons. The Bertz CT molecular complexity index is 695. The van der Waals surface area contributed by atoms with Crippen LogP contribution < -0.4 is 0 Å². The minimum atomic E-state index is 0.639. The lowest BCUT2D eigenvalue weighted by atomic mass is 10.1. The van der Waals surface area contributed by atoms with Crippen LogP contribution in [-0.4, -0.2) is 59.8 Å². The average molecular weight is 327 g/mol. The van der Waals surface area contributed by atoms with Crippen LogP contribution in [0.25, 0.3) is 10.9 Å². The van der Waals surface area contributed by atoms with Gasteiger partial charge in [-0.25, -0.2) is 0 Å². The summed E-state index contributed by atoms with van der Waals surface area (Å²) in [6, 6.07) is 10.2. The molecule has 0 aliphatic carbocycles. The Labute approximate surface area is 145 Å². The fourth-order valence-electron chi connectivity index (χ4n) is 4.51. The molecule has 4 rings (SSSR count). The quantitative estimate of drug-likeness (QED) is 0.842. The van der Waals surface area contributed by atoms with Crippen LogP contribution in [0.3, 0.4) is 0 Å². The van der Waals surface area contributed by atoms with Crippen LogP contribution in [0.2, 0.25) is 0 Å². The number of hydrogen-bond acceptors (Lipinski definition) is 3. The molecule has 0 bridgehead atoms. The van der Waals surface area contributed by atoms with E-state index in [0.717, 1.165) is 25.7 Å². The molecule has 1 aromatic heterocycles. The van der Waals surface area contributed by atoms with E-state index in [1.807, 2.05) is 0 Å². The van der Waals surface area contributed by atoms with Crippen LogP contribution >= 0.6 is 0 Å². The summed E-state index contributed by atoms with van der Waals surface area (Å²) in [5.74, 6) is 0. The van der Waals surface area contributed by atoms with Gasteiger partial charge >= 0.3 is 0 Å². The summed E-state index contributed by atoms with van der Waals surface area (Å²) in [6.07, 6.45) is 5.10. The van der Waals surface area contributed by atoms with Gasteiger partial charge in [-0.05, 0) is 37.9 Å². The second-order valence-corrected chi connectivity index (χ2v) is 7.43. The second-order valence-electron chi connectivity index (χ2n) is 7.43. The van der Waals surface area contributed by atoms with Gasteiger partial charge in [-0.1, -0.05) is 18.2 Å². The molecular formula is C20H29N3O. The van der Waals surface area contributed by atoms with E-state index >= 15 is 0 Å². The number of benzene rings is 1. The molecule has 4 heteroatoms. The molecule has 4 nitrogen and oxygen atoms in total. The van der Waals surface area contributed by atoms with Crippen LogP contribution in [0.1, 0.15) is 25.3 Å². The molecule has 1 unspecified atom stereocenters. The zero-order chi connectivity index (χ0) is 16.5. The van der Waals surface area contributed by atoms with E-state index in [0.29, 0.717) is 6.04 Å². The molecule has 0 spiro atoms. The highest BCUT2D eigenvalue weighted by atomic mass is 16.5. The predicted octanol–water partition coefficient (Wildman–Crippen LogP) is 2.96. The molecule has 3 heterocycles. The van der Waals surface area contributed by atoms with Crippen molar-refractivity contribution in [1.82, 2.24) is 14.4 Å². The first-order chi connectivity index (χ1) is 11.8. The lowest BCUT2D eigenvalue weighted by Gasteiger charge is -2.42. The number of para-hydroxylation sites is 1. The van der Waals surface area contributed by atoms with Crippen molar-refractivity contribution < 1.29 is 4.74 Å². The van der Waals surface area contributed by atoms with Gasteiger partial charge in [0.1, 0.15) is 0 Å². The summed E-state index contributed by atoms with van der Waals surface area (Å²) in [7, 11) is 1.77. The highest BCUT2D eigenvalue weighted by molar-refractivity contribution is 5.83. The molecule has 2 aliphatic rings. The molecule has 130 valence electrons. The molecule has 0 saturated carbocycles. The van der Waals surface area contributed by atoms with Gasteiger partial charge in [-0.15, -0.1) is 0 Å². The molecule has 1 aromatic carbocycles. The molecule has 0 N–H and O–H groups in total. The van der Waals surface area contributed by atoms with Gasteiger partial charge < -0.3 is 9.30 Å². The zero-order valence-corrected chi connectivity index (χ0v) is 14.9. The van der Waals surface area contributed by atoms with Gasteiger partial charge in [0, 0.05) is 62.5 Å². The first-order valence-corrected chi connectivity index (χ1v) is 9.30. The third-order valence-electron chi connectivity index (χ3n) is 5.85. The fraction of sp³-hybridized carbons (Fsp3) is 0.600.